The van der Waals surface area contributed by atoms with Gasteiger partial charge in [0.15, 0.2) is 0 Å². The van der Waals surface area contributed by atoms with Crippen LogP contribution in [0.25, 0.3) is 0 Å². The van der Waals surface area contributed by atoms with Gasteiger partial charge in [-0.25, -0.2) is 0 Å². The number of aldehydes is 1. The molecule has 0 amide bonds. The summed E-state index contributed by atoms with van der Waals surface area (Å²) < 4.78 is 10.7. The smallest absolute Gasteiger partial charge is 0.130 e. The van der Waals surface area contributed by atoms with Gasteiger partial charge in [0.1, 0.15) is 17.8 Å². The minimum absolute atomic E-state index is 0.576. The molecule has 0 spiro atoms. The highest BCUT2D eigenvalue weighted by Crippen LogP contribution is 2.32. The van der Waals surface area contributed by atoms with Crippen molar-refractivity contribution in [1.29, 1.82) is 0 Å². The second-order valence-corrected chi connectivity index (χ2v) is 5.76. The van der Waals surface area contributed by atoms with Gasteiger partial charge < -0.3 is 14.3 Å². The first kappa shape index (κ1) is 16.1. The van der Waals surface area contributed by atoms with Crippen LogP contribution in [0, 0.1) is 6.92 Å². The lowest BCUT2D eigenvalue weighted by Gasteiger charge is -2.25. The van der Waals surface area contributed by atoms with Crippen LogP contribution in [0.5, 0.6) is 11.5 Å². The fourth-order valence-corrected chi connectivity index (χ4v) is 2.54. The molecule has 0 saturated heterocycles. The van der Waals surface area contributed by atoms with Gasteiger partial charge in [-0.1, -0.05) is 35.9 Å². The number of ether oxygens (including phenoxy) is 2. The maximum atomic E-state index is 11.8. The third kappa shape index (κ3) is 3.30. The molecule has 0 heterocycles. The van der Waals surface area contributed by atoms with Crippen LogP contribution in [0.3, 0.4) is 0 Å². The molecule has 2 aromatic carbocycles. The number of methoxy groups -OCH3 is 2. The van der Waals surface area contributed by atoms with E-state index in [0.29, 0.717) is 6.42 Å². The largest absolute Gasteiger partial charge is 0.497 e. The van der Waals surface area contributed by atoms with Crippen molar-refractivity contribution >= 4 is 6.29 Å². The van der Waals surface area contributed by atoms with E-state index < -0.39 is 5.41 Å². The van der Waals surface area contributed by atoms with E-state index in [9.17, 15) is 4.79 Å². The Balaban J connectivity index is 2.37. The van der Waals surface area contributed by atoms with E-state index >= 15 is 0 Å². The van der Waals surface area contributed by atoms with Gasteiger partial charge in [-0.3, -0.25) is 0 Å². The first-order valence-corrected chi connectivity index (χ1v) is 7.27. The quantitative estimate of drug-likeness (QED) is 0.763. The van der Waals surface area contributed by atoms with Gasteiger partial charge in [-0.15, -0.1) is 0 Å². The third-order valence-corrected chi connectivity index (χ3v) is 4.02. The molecule has 22 heavy (non-hydrogen) atoms. The van der Waals surface area contributed by atoms with E-state index in [4.69, 9.17) is 9.47 Å². The van der Waals surface area contributed by atoms with Crippen molar-refractivity contribution in [1.82, 2.24) is 0 Å². The molecule has 3 heteroatoms. The van der Waals surface area contributed by atoms with Crippen molar-refractivity contribution in [3.63, 3.8) is 0 Å². The molecule has 116 valence electrons. The van der Waals surface area contributed by atoms with Crippen LogP contribution in [0.4, 0.5) is 0 Å². The molecule has 0 saturated carbocycles. The Hall–Kier alpha value is -2.29. The molecule has 0 fully saturated rings. The second kappa shape index (κ2) is 6.65. The SMILES string of the molecule is COc1ccc(CC(C)(C=O)c2ccc(C)cc2)c(OC)c1. The number of hydrogen-bond donors (Lipinski definition) is 0. The number of hydrogen-bond acceptors (Lipinski definition) is 3. The normalized spacial score (nSPS) is 13.3. The summed E-state index contributed by atoms with van der Waals surface area (Å²) in [5, 5.41) is 0. The molecule has 3 nitrogen and oxygen atoms in total. The summed E-state index contributed by atoms with van der Waals surface area (Å²) in [4.78, 5) is 11.8. The number of aryl methyl sites for hydroxylation is 1. The Kier molecular flexibility index (Phi) is 4.86. The molecule has 0 bridgehead atoms. The van der Waals surface area contributed by atoms with Gasteiger partial charge >= 0.3 is 0 Å². The molecule has 1 unspecified atom stereocenters. The Morgan fingerprint density at radius 3 is 2.27 bits per heavy atom. The maximum Gasteiger partial charge on any atom is 0.130 e. The summed E-state index contributed by atoms with van der Waals surface area (Å²) in [7, 11) is 3.25. The number of carbonyl (C=O) groups is 1. The molecule has 0 aliphatic heterocycles. The monoisotopic (exact) mass is 298 g/mol. The van der Waals surface area contributed by atoms with Crippen LogP contribution in [0.1, 0.15) is 23.6 Å². The van der Waals surface area contributed by atoms with Crippen molar-refractivity contribution in [2.24, 2.45) is 0 Å². The molecule has 1 atom stereocenters. The summed E-state index contributed by atoms with van der Waals surface area (Å²) in [6.45, 7) is 3.99. The summed E-state index contributed by atoms with van der Waals surface area (Å²) in [5.41, 5.74) is 2.58. The van der Waals surface area contributed by atoms with Crippen molar-refractivity contribution in [3.8, 4) is 11.5 Å². The fourth-order valence-electron chi connectivity index (χ4n) is 2.54. The lowest BCUT2D eigenvalue weighted by atomic mass is 9.78. The van der Waals surface area contributed by atoms with Crippen LogP contribution < -0.4 is 9.47 Å². The van der Waals surface area contributed by atoms with Crippen molar-refractivity contribution < 1.29 is 14.3 Å². The molecule has 0 aliphatic rings. The van der Waals surface area contributed by atoms with E-state index in [-0.39, 0.29) is 0 Å². The Morgan fingerprint density at radius 2 is 1.73 bits per heavy atom. The Morgan fingerprint density at radius 1 is 1.05 bits per heavy atom. The van der Waals surface area contributed by atoms with Gasteiger partial charge in [-0.2, -0.15) is 0 Å². The summed E-state index contributed by atoms with van der Waals surface area (Å²) >= 11 is 0. The number of carbonyl (C=O) groups excluding carboxylic acids is 1. The van der Waals surface area contributed by atoms with Crippen molar-refractivity contribution in [3.05, 3.63) is 59.2 Å². The first-order valence-electron chi connectivity index (χ1n) is 7.27. The average molecular weight is 298 g/mol. The Labute approximate surface area is 131 Å². The summed E-state index contributed by atoms with van der Waals surface area (Å²) in [6, 6.07) is 13.8. The zero-order valence-corrected chi connectivity index (χ0v) is 13.6. The van der Waals surface area contributed by atoms with Gasteiger partial charge in [0, 0.05) is 6.07 Å². The topological polar surface area (TPSA) is 35.5 Å². The van der Waals surface area contributed by atoms with Gasteiger partial charge in [-0.05, 0) is 37.5 Å². The van der Waals surface area contributed by atoms with Crippen LogP contribution in [0.2, 0.25) is 0 Å². The van der Waals surface area contributed by atoms with E-state index in [0.717, 1.165) is 28.9 Å². The van der Waals surface area contributed by atoms with Crippen molar-refractivity contribution in [2.45, 2.75) is 25.7 Å². The Bertz CT molecular complexity index is 646. The standard InChI is InChI=1S/C19H22O3/c1-14-5-8-16(9-6-14)19(2,13-20)12-15-7-10-17(21-3)11-18(15)22-4/h5-11,13H,12H2,1-4H3. The van der Waals surface area contributed by atoms with Gasteiger partial charge in [0.05, 0.1) is 19.6 Å². The minimum atomic E-state index is -0.588. The van der Waals surface area contributed by atoms with Crippen LogP contribution in [-0.4, -0.2) is 20.5 Å². The highest BCUT2D eigenvalue weighted by molar-refractivity contribution is 5.69. The maximum absolute atomic E-state index is 11.8. The van der Waals surface area contributed by atoms with E-state index in [1.165, 1.54) is 5.56 Å². The highest BCUT2D eigenvalue weighted by atomic mass is 16.5. The summed E-state index contributed by atoms with van der Waals surface area (Å²) in [5.74, 6) is 1.48. The molecule has 0 aromatic heterocycles. The number of benzene rings is 2. The third-order valence-electron chi connectivity index (χ3n) is 4.02. The summed E-state index contributed by atoms with van der Waals surface area (Å²) in [6.07, 6.45) is 1.59. The average Bonchev–Trinajstić information content (AvgIpc) is 2.55. The molecule has 0 N–H and O–H groups in total. The van der Waals surface area contributed by atoms with Crippen molar-refractivity contribution in [2.75, 3.05) is 14.2 Å². The molecule has 2 aromatic rings. The lowest BCUT2D eigenvalue weighted by molar-refractivity contribution is -0.112. The van der Waals surface area contributed by atoms with E-state index in [1.54, 1.807) is 14.2 Å². The van der Waals surface area contributed by atoms with E-state index in [2.05, 4.69) is 0 Å². The number of rotatable bonds is 6. The van der Waals surface area contributed by atoms with E-state index in [1.807, 2.05) is 56.3 Å². The molecule has 2 rings (SSSR count). The molecule has 0 aliphatic carbocycles. The van der Waals surface area contributed by atoms with Gasteiger partial charge in [0.25, 0.3) is 0 Å². The molecular formula is C19H22O3. The second-order valence-electron chi connectivity index (χ2n) is 5.76. The predicted molar refractivity (Wildman–Crippen MR) is 87.8 cm³/mol. The minimum Gasteiger partial charge on any atom is -0.497 e. The lowest BCUT2D eigenvalue weighted by Crippen LogP contribution is -2.27. The first-order chi connectivity index (χ1) is 10.5. The highest BCUT2D eigenvalue weighted by Gasteiger charge is 2.28. The van der Waals surface area contributed by atoms with Gasteiger partial charge in [0.2, 0.25) is 0 Å². The fraction of sp³-hybridized carbons (Fsp3) is 0.316. The van der Waals surface area contributed by atoms with Crippen LogP contribution in [-0.2, 0) is 16.6 Å². The zero-order chi connectivity index (χ0) is 16.2. The van der Waals surface area contributed by atoms with Crippen LogP contribution in [0.15, 0.2) is 42.5 Å². The molecular weight excluding hydrogens is 276 g/mol. The molecule has 0 radical (unpaired) electrons. The zero-order valence-electron chi connectivity index (χ0n) is 13.6. The predicted octanol–water partition coefficient (Wildman–Crippen LogP) is 3.71. The van der Waals surface area contributed by atoms with Crippen LogP contribution >= 0.6 is 0 Å².